The number of anilines is 1. The van der Waals surface area contributed by atoms with Crippen molar-refractivity contribution in [3.05, 3.63) is 29.8 Å². The van der Waals surface area contributed by atoms with Crippen LogP contribution in [0.3, 0.4) is 0 Å². The number of nitrogens with zero attached hydrogens (tertiary/aromatic N) is 1. The first kappa shape index (κ1) is 13.8. The van der Waals surface area contributed by atoms with Gasteiger partial charge in [0.25, 0.3) is 0 Å². The molecule has 1 aromatic carbocycles. The van der Waals surface area contributed by atoms with Gasteiger partial charge in [-0.25, -0.2) is 0 Å². The van der Waals surface area contributed by atoms with Crippen LogP contribution in [0, 0.1) is 0 Å². The van der Waals surface area contributed by atoms with Crippen LogP contribution in [0.4, 0.5) is 5.69 Å². The van der Waals surface area contributed by atoms with Gasteiger partial charge in [0.1, 0.15) is 0 Å². The average Bonchev–Trinajstić information content (AvgIpc) is 2.46. The standard InChI is InChI=1S/C15H23NOS/c1-3-14-11-16(9-10-18-14)13-7-5-12(6-8-13)15(17)4-2/h5-8,14-15,17H,3-4,9-11H2,1-2H3. The van der Waals surface area contributed by atoms with Crippen LogP contribution in [0.15, 0.2) is 24.3 Å². The maximum absolute atomic E-state index is 9.79. The number of hydrogen-bond acceptors (Lipinski definition) is 3. The first-order chi connectivity index (χ1) is 8.74. The van der Waals surface area contributed by atoms with E-state index in [9.17, 15) is 5.11 Å². The fraction of sp³-hybridized carbons (Fsp3) is 0.600. The quantitative estimate of drug-likeness (QED) is 0.902. The first-order valence-corrected chi connectivity index (χ1v) is 7.94. The highest BCUT2D eigenvalue weighted by atomic mass is 32.2. The lowest BCUT2D eigenvalue weighted by atomic mass is 10.1. The summed E-state index contributed by atoms with van der Waals surface area (Å²) in [6.45, 7) is 6.56. The zero-order valence-electron chi connectivity index (χ0n) is 11.3. The van der Waals surface area contributed by atoms with Crippen molar-refractivity contribution in [3.63, 3.8) is 0 Å². The Morgan fingerprint density at radius 1 is 1.33 bits per heavy atom. The summed E-state index contributed by atoms with van der Waals surface area (Å²) < 4.78 is 0. The molecule has 0 amide bonds. The minimum atomic E-state index is -0.320. The Labute approximate surface area is 114 Å². The van der Waals surface area contributed by atoms with E-state index in [1.807, 2.05) is 6.92 Å². The van der Waals surface area contributed by atoms with Gasteiger partial charge in [0.15, 0.2) is 0 Å². The maximum Gasteiger partial charge on any atom is 0.0787 e. The second kappa shape index (κ2) is 6.48. The summed E-state index contributed by atoms with van der Waals surface area (Å²) in [5.41, 5.74) is 2.32. The molecule has 1 aromatic rings. The molecule has 1 aliphatic rings. The van der Waals surface area contributed by atoms with Crippen LogP contribution in [0.2, 0.25) is 0 Å². The van der Waals surface area contributed by atoms with Crippen molar-refractivity contribution in [2.45, 2.75) is 38.0 Å². The molecule has 0 saturated carbocycles. The minimum absolute atomic E-state index is 0.320. The lowest BCUT2D eigenvalue weighted by Crippen LogP contribution is -2.37. The van der Waals surface area contributed by atoms with E-state index in [4.69, 9.17) is 0 Å². The minimum Gasteiger partial charge on any atom is -0.388 e. The molecule has 1 fully saturated rings. The number of aliphatic hydroxyl groups is 1. The number of hydrogen-bond donors (Lipinski definition) is 1. The van der Waals surface area contributed by atoms with E-state index in [2.05, 4.69) is 47.9 Å². The molecule has 1 N–H and O–H groups in total. The van der Waals surface area contributed by atoms with Crippen molar-refractivity contribution in [2.75, 3.05) is 23.7 Å². The molecule has 0 radical (unpaired) electrons. The summed E-state index contributed by atoms with van der Waals surface area (Å²) in [6.07, 6.45) is 1.70. The van der Waals surface area contributed by atoms with Gasteiger partial charge in [-0.15, -0.1) is 0 Å². The second-order valence-corrected chi connectivity index (χ2v) is 6.27. The average molecular weight is 265 g/mol. The highest BCUT2D eigenvalue weighted by molar-refractivity contribution is 8.00. The Hall–Kier alpha value is -0.670. The van der Waals surface area contributed by atoms with Crippen molar-refractivity contribution in [1.82, 2.24) is 0 Å². The predicted octanol–water partition coefficient (Wildman–Crippen LogP) is 3.46. The summed E-state index contributed by atoms with van der Waals surface area (Å²) in [4.78, 5) is 2.47. The van der Waals surface area contributed by atoms with E-state index in [1.54, 1.807) is 0 Å². The molecule has 2 nitrogen and oxygen atoms in total. The Bertz CT molecular complexity index is 365. The topological polar surface area (TPSA) is 23.5 Å². The van der Waals surface area contributed by atoms with Crippen LogP contribution in [-0.4, -0.2) is 29.2 Å². The molecule has 18 heavy (non-hydrogen) atoms. The second-order valence-electron chi connectivity index (χ2n) is 4.86. The number of rotatable bonds is 4. The van der Waals surface area contributed by atoms with E-state index in [0.29, 0.717) is 0 Å². The summed E-state index contributed by atoms with van der Waals surface area (Å²) in [5.74, 6) is 1.22. The third kappa shape index (κ3) is 3.21. The SMILES string of the molecule is CCC1CN(c2ccc(C(O)CC)cc2)CCS1. The van der Waals surface area contributed by atoms with Crippen LogP contribution >= 0.6 is 11.8 Å². The lowest BCUT2D eigenvalue weighted by molar-refractivity contribution is 0.173. The third-order valence-corrected chi connectivity index (χ3v) is 5.00. The fourth-order valence-electron chi connectivity index (χ4n) is 2.34. The third-order valence-electron chi connectivity index (χ3n) is 3.62. The molecular weight excluding hydrogens is 242 g/mol. The van der Waals surface area contributed by atoms with E-state index in [1.165, 1.54) is 17.9 Å². The zero-order valence-corrected chi connectivity index (χ0v) is 12.1. The number of thioether (sulfide) groups is 1. The summed E-state index contributed by atoms with van der Waals surface area (Å²) in [5, 5.41) is 10.6. The van der Waals surface area contributed by atoms with Crippen LogP contribution < -0.4 is 4.90 Å². The van der Waals surface area contributed by atoms with Crippen molar-refractivity contribution >= 4 is 17.4 Å². The fourth-order valence-corrected chi connectivity index (χ4v) is 3.52. The van der Waals surface area contributed by atoms with Crippen LogP contribution in [0.5, 0.6) is 0 Å². The van der Waals surface area contributed by atoms with Gasteiger partial charge in [-0.2, -0.15) is 11.8 Å². The highest BCUT2D eigenvalue weighted by Gasteiger charge is 2.19. The molecule has 100 valence electrons. The molecule has 2 atom stereocenters. The molecule has 1 saturated heterocycles. The molecule has 0 spiro atoms. The molecule has 3 heteroatoms. The molecule has 1 heterocycles. The molecule has 2 unspecified atom stereocenters. The Morgan fingerprint density at radius 3 is 2.67 bits per heavy atom. The first-order valence-electron chi connectivity index (χ1n) is 6.89. The van der Waals surface area contributed by atoms with Gasteiger partial charge in [0.2, 0.25) is 0 Å². The molecule has 0 bridgehead atoms. The highest BCUT2D eigenvalue weighted by Crippen LogP contribution is 2.27. The van der Waals surface area contributed by atoms with Crippen molar-refractivity contribution in [3.8, 4) is 0 Å². The van der Waals surface area contributed by atoms with Crippen molar-refractivity contribution < 1.29 is 5.11 Å². The van der Waals surface area contributed by atoms with Gasteiger partial charge in [-0.3, -0.25) is 0 Å². The Morgan fingerprint density at radius 2 is 2.06 bits per heavy atom. The van der Waals surface area contributed by atoms with Gasteiger partial charge in [0, 0.05) is 29.8 Å². The van der Waals surface area contributed by atoms with E-state index < -0.39 is 0 Å². The largest absolute Gasteiger partial charge is 0.388 e. The van der Waals surface area contributed by atoms with E-state index in [-0.39, 0.29) is 6.10 Å². The Balaban J connectivity index is 2.04. The summed E-state index contributed by atoms with van der Waals surface area (Å²) >= 11 is 2.09. The molecule has 0 aliphatic carbocycles. The smallest absolute Gasteiger partial charge is 0.0787 e. The molecule has 1 aliphatic heterocycles. The molecule has 0 aromatic heterocycles. The van der Waals surface area contributed by atoms with Crippen LogP contribution in [0.25, 0.3) is 0 Å². The van der Waals surface area contributed by atoms with E-state index in [0.717, 1.165) is 30.3 Å². The van der Waals surface area contributed by atoms with Crippen molar-refractivity contribution in [1.29, 1.82) is 0 Å². The van der Waals surface area contributed by atoms with Crippen LogP contribution in [0.1, 0.15) is 38.4 Å². The van der Waals surface area contributed by atoms with Crippen LogP contribution in [-0.2, 0) is 0 Å². The lowest BCUT2D eigenvalue weighted by Gasteiger charge is -2.33. The Kier molecular flexibility index (Phi) is 4.95. The monoisotopic (exact) mass is 265 g/mol. The van der Waals surface area contributed by atoms with Gasteiger partial charge in [0.05, 0.1) is 6.10 Å². The molecule has 2 rings (SSSR count). The maximum atomic E-state index is 9.79. The van der Waals surface area contributed by atoms with Gasteiger partial charge < -0.3 is 10.0 Å². The van der Waals surface area contributed by atoms with Gasteiger partial charge in [-0.1, -0.05) is 26.0 Å². The van der Waals surface area contributed by atoms with Gasteiger partial charge in [-0.05, 0) is 30.5 Å². The summed E-state index contributed by atoms with van der Waals surface area (Å²) in [6, 6.07) is 8.42. The van der Waals surface area contributed by atoms with Gasteiger partial charge >= 0.3 is 0 Å². The number of benzene rings is 1. The zero-order chi connectivity index (χ0) is 13.0. The van der Waals surface area contributed by atoms with E-state index >= 15 is 0 Å². The normalized spacial score (nSPS) is 21.9. The predicted molar refractivity (Wildman–Crippen MR) is 80.4 cm³/mol. The summed E-state index contributed by atoms with van der Waals surface area (Å²) in [7, 11) is 0. The molecular formula is C15H23NOS. The van der Waals surface area contributed by atoms with Crippen molar-refractivity contribution in [2.24, 2.45) is 0 Å². The number of aliphatic hydroxyl groups excluding tert-OH is 1.